The second-order valence-electron chi connectivity index (χ2n) is 2.12. The standard InChI is InChI=1S/2C4H8O.C2H4O2/c2*1-2-3-4-5;1-2(3)4/h2*2,5H,1,3-4H2;1H3,(H,3,4). The number of aliphatic hydroxyl groups is 2. The van der Waals surface area contributed by atoms with E-state index in [-0.39, 0.29) is 13.2 Å². The molecule has 0 aliphatic heterocycles. The molecule has 0 saturated heterocycles. The molecule has 4 heteroatoms. The number of carboxylic acids is 1. The lowest BCUT2D eigenvalue weighted by Crippen LogP contribution is -1.78. The van der Waals surface area contributed by atoms with Gasteiger partial charge in [0.25, 0.3) is 5.97 Å². The van der Waals surface area contributed by atoms with Crippen molar-refractivity contribution in [3.8, 4) is 0 Å². The van der Waals surface area contributed by atoms with Crippen LogP contribution in [0.2, 0.25) is 0 Å². The van der Waals surface area contributed by atoms with Crippen LogP contribution in [0.5, 0.6) is 0 Å². The van der Waals surface area contributed by atoms with Crippen LogP contribution in [0.15, 0.2) is 25.3 Å². The summed E-state index contributed by atoms with van der Waals surface area (Å²) in [5.74, 6) is -0.833. The number of hydrogen-bond acceptors (Lipinski definition) is 3. The van der Waals surface area contributed by atoms with Crippen molar-refractivity contribution in [3.05, 3.63) is 25.3 Å². The molecule has 0 spiro atoms. The molecule has 0 unspecified atom stereocenters. The molecule has 0 atom stereocenters. The third-order valence-electron chi connectivity index (χ3n) is 0.666. The average molecular weight is 204 g/mol. The first kappa shape index (κ1) is 18.6. The molecule has 0 aromatic rings. The molecule has 84 valence electrons. The first-order valence-corrected chi connectivity index (χ1v) is 4.19. The number of carboxylic acid groups (broad SMARTS) is 1. The maximum atomic E-state index is 9.00. The van der Waals surface area contributed by atoms with E-state index in [4.69, 9.17) is 20.1 Å². The van der Waals surface area contributed by atoms with Crippen molar-refractivity contribution in [1.29, 1.82) is 0 Å². The molecule has 0 aliphatic rings. The summed E-state index contributed by atoms with van der Waals surface area (Å²) in [6, 6.07) is 0. The van der Waals surface area contributed by atoms with E-state index in [9.17, 15) is 0 Å². The molecule has 14 heavy (non-hydrogen) atoms. The predicted octanol–water partition coefficient (Wildman–Crippen LogP) is 1.20. The van der Waals surface area contributed by atoms with E-state index in [0.29, 0.717) is 12.8 Å². The van der Waals surface area contributed by atoms with E-state index in [0.717, 1.165) is 6.92 Å². The minimum Gasteiger partial charge on any atom is -0.481 e. The summed E-state index contributed by atoms with van der Waals surface area (Å²) >= 11 is 0. The topological polar surface area (TPSA) is 77.8 Å². The van der Waals surface area contributed by atoms with Crippen LogP contribution in [-0.2, 0) is 4.79 Å². The van der Waals surface area contributed by atoms with E-state index in [1.54, 1.807) is 12.2 Å². The summed E-state index contributed by atoms with van der Waals surface area (Å²) < 4.78 is 0. The van der Waals surface area contributed by atoms with Gasteiger partial charge in [0, 0.05) is 20.1 Å². The van der Waals surface area contributed by atoms with E-state index in [1.807, 2.05) is 0 Å². The Morgan fingerprint density at radius 2 is 1.36 bits per heavy atom. The van der Waals surface area contributed by atoms with Crippen molar-refractivity contribution < 1.29 is 20.1 Å². The van der Waals surface area contributed by atoms with Gasteiger partial charge in [-0.2, -0.15) is 0 Å². The summed E-state index contributed by atoms with van der Waals surface area (Å²) in [6.07, 6.45) is 4.78. The van der Waals surface area contributed by atoms with Crippen molar-refractivity contribution in [3.63, 3.8) is 0 Å². The van der Waals surface area contributed by atoms with Gasteiger partial charge in [-0.1, -0.05) is 12.2 Å². The first-order chi connectivity index (χ1) is 6.56. The van der Waals surface area contributed by atoms with Gasteiger partial charge in [0.05, 0.1) is 0 Å². The van der Waals surface area contributed by atoms with Crippen LogP contribution in [0, 0.1) is 0 Å². The molecule has 0 radical (unpaired) electrons. The maximum Gasteiger partial charge on any atom is 0.300 e. The first-order valence-electron chi connectivity index (χ1n) is 4.19. The molecule has 0 aliphatic carbocycles. The Morgan fingerprint density at radius 1 is 1.14 bits per heavy atom. The van der Waals surface area contributed by atoms with E-state index in [2.05, 4.69) is 13.2 Å². The van der Waals surface area contributed by atoms with Gasteiger partial charge in [-0.3, -0.25) is 4.79 Å². The highest BCUT2D eigenvalue weighted by molar-refractivity contribution is 5.62. The molecule has 0 bridgehead atoms. The van der Waals surface area contributed by atoms with Crippen molar-refractivity contribution >= 4 is 5.97 Å². The zero-order valence-electron chi connectivity index (χ0n) is 8.65. The summed E-state index contributed by atoms with van der Waals surface area (Å²) in [4.78, 5) is 9.00. The van der Waals surface area contributed by atoms with Crippen LogP contribution in [-0.4, -0.2) is 34.5 Å². The number of aliphatic hydroxyl groups excluding tert-OH is 2. The van der Waals surface area contributed by atoms with Crippen molar-refractivity contribution in [1.82, 2.24) is 0 Å². The van der Waals surface area contributed by atoms with Crippen molar-refractivity contribution in [2.75, 3.05) is 13.2 Å². The fraction of sp³-hybridized carbons (Fsp3) is 0.500. The molecule has 0 rings (SSSR count). The van der Waals surface area contributed by atoms with Crippen molar-refractivity contribution in [2.24, 2.45) is 0 Å². The van der Waals surface area contributed by atoms with Gasteiger partial charge in [0.15, 0.2) is 0 Å². The normalized spacial score (nSPS) is 7.07. The number of carbonyl (C=O) groups is 1. The van der Waals surface area contributed by atoms with Gasteiger partial charge in [0.2, 0.25) is 0 Å². The van der Waals surface area contributed by atoms with Gasteiger partial charge in [-0.25, -0.2) is 0 Å². The smallest absolute Gasteiger partial charge is 0.300 e. The number of rotatable bonds is 4. The Hall–Kier alpha value is -1.13. The molecule has 0 aromatic heterocycles. The summed E-state index contributed by atoms with van der Waals surface area (Å²) in [5, 5.41) is 23.4. The molecule has 0 saturated carbocycles. The zero-order chi connectivity index (χ0) is 11.8. The highest BCUT2D eigenvalue weighted by Gasteiger charge is 1.65. The fourth-order valence-corrected chi connectivity index (χ4v) is 0.183. The highest BCUT2D eigenvalue weighted by atomic mass is 16.4. The fourth-order valence-electron chi connectivity index (χ4n) is 0.183. The minimum absolute atomic E-state index is 0.226. The Kier molecular flexibility index (Phi) is 30.1. The quantitative estimate of drug-likeness (QED) is 0.601. The van der Waals surface area contributed by atoms with Crippen LogP contribution in [0.25, 0.3) is 0 Å². The van der Waals surface area contributed by atoms with Gasteiger partial charge in [-0.15, -0.1) is 13.2 Å². The summed E-state index contributed by atoms with van der Waals surface area (Å²) in [5.41, 5.74) is 0. The van der Waals surface area contributed by atoms with Gasteiger partial charge < -0.3 is 15.3 Å². The van der Waals surface area contributed by atoms with Gasteiger partial charge in [-0.05, 0) is 12.8 Å². The lowest BCUT2D eigenvalue weighted by atomic mass is 10.5. The lowest BCUT2D eigenvalue weighted by molar-refractivity contribution is -0.134. The summed E-state index contributed by atoms with van der Waals surface area (Å²) in [6.45, 7) is 8.32. The second kappa shape index (κ2) is 22.6. The maximum absolute atomic E-state index is 9.00. The molecule has 0 amide bonds. The third-order valence-corrected chi connectivity index (χ3v) is 0.666. The van der Waals surface area contributed by atoms with Gasteiger partial charge >= 0.3 is 0 Å². The molecule has 0 fully saturated rings. The molecule has 3 N–H and O–H groups in total. The van der Waals surface area contributed by atoms with Crippen LogP contribution < -0.4 is 0 Å². The molecule has 4 nitrogen and oxygen atoms in total. The van der Waals surface area contributed by atoms with E-state index < -0.39 is 5.97 Å². The van der Waals surface area contributed by atoms with Gasteiger partial charge in [0.1, 0.15) is 0 Å². The minimum atomic E-state index is -0.833. The average Bonchev–Trinajstić information content (AvgIpc) is 2.07. The zero-order valence-corrected chi connectivity index (χ0v) is 8.65. The van der Waals surface area contributed by atoms with Crippen molar-refractivity contribution in [2.45, 2.75) is 19.8 Å². The molecule has 0 aromatic carbocycles. The SMILES string of the molecule is C=CCCO.C=CCCO.CC(=O)O. The van der Waals surface area contributed by atoms with Crippen LogP contribution in [0.1, 0.15) is 19.8 Å². The highest BCUT2D eigenvalue weighted by Crippen LogP contribution is 1.70. The largest absolute Gasteiger partial charge is 0.481 e. The third kappa shape index (κ3) is 129. The Bertz CT molecular complexity index is 118. The van der Waals surface area contributed by atoms with Crippen LogP contribution >= 0.6 is 0 Å². The number of aliphatic carboxylic acids is 1. The van der Waals surface area contributed by atoms with E-state index in [1.165, 1.54) is 0 Å². The predicted molar refractivity (Wildman–Crippen MR) is 57.1 cm³/mol. The molecule has 0 heterocycles. The Labute approximate surface area is 85.2 Å². The summed E-state index contributed by atoms with van der Waals surface area (Å²) in [7, 11) is 0. The monoisotopic (exact) mass is 204 g/mol. The Balaban J connectivity index is -0.000000131. The van der Waals surface area contributed by atoms with Crippen LogP contribution in [0.3, 0.4) is 0 Å². The Morgan fingerprint density at radius 3 is 1.36 bits per heavy atom. The second-order valence-corrected chi connectivity index (χ2v) is 2.12. The molecular weight excluding hydrogens is 184 g/mol. The van der Waals surface area contributed by atoms with Crippen LogP contribution in [0.4, 0.5) is 0 Å². The number of hydrogen-bond donors (Lipinski definition) is 3. The molecular formula is C10H20O4. The lowest BCUT2D eigenvalue weighted by Gasteiger charge is -1.73. The van der Waals surface area contributed by atoms with E-state index >= 15 is 0 Å².